The minimum atomic E-state index is -1.14. The van der Waals surface area contributed by atoms with E-state index in [9.17, 15) is 19.1 Å². The van der Waals surface area contributed by atoms with Gasteiger partial charge in [-0.15, -0.1) is 11.3 Å². The van der Waals surface area contributed by atoms with Crippen molar-refractivity contribution in [2.24, 2.45) is 0 Å². The summed E-state index contributed by atoms with van der Waals surface area (Å²) in [5.41, 5.74) is 0.783. The van der Waals surface area contributed by atoms with Gasteiger partial charge in [-0.2, -0.15) is 0 Å². The number of Topliss-reactive ketones (excluding diaryl/α,β-unsaturated/α-hetero) is 1. The molecule has 31 heavy (non-hydrogen) atoms. The predicted octanol–water partition coefficient (Wildman–Crippen LogP) is 4.69. The first-order valence-corrected chi connectivity index (χ1v) is 10.3. The average molecular weight is 438 g/mol. The summed E-state index contributed by atoms with van der Waals surface area (Å²) >= 11 is 1.17. The maximum absolute atomic E-state index is 14.9. The zero-order chi connectivity index (χ0) is 22.3. The lowest BCUT2D eigenvalue weighted by Crippen LogP contribution is -2.31. The number of amides is 1. The number of aliphatic hydroxyl groups excluding tert-OH is 1. The lowest BCUT2D eigenvalue weighted by molar-refractivity contribution is -0.117. The maximum Gasteiger partial charge on any atom is 0.294 e. The minimum absolute atomic E-state index is 0.102. The fourth-order valence-corrected chi connectivity index (χ4v) is 4.59. The SMILES string of the molecule is COc1cccc(N2C(=O)C(O)=C(C(=O)c3sc(C)nc3C)C2c2ccccc2F)c1. The van der Waals surface area contributed by atoms with E-state index in [1.807, 2.05) is 0 Å². The van der Waals surface area contributed by atoms with Crippen LogP contribution in [0.25, 0.3) is 0 Å². The Morgan fingerprint density at radius 2 is 1.94 bits per heavy atom. The number of hydrogen-bond donors (Lipinski definition) is 1. The first-order chi connectivity index (χ1) is 14.8. The quantitative estimate of drug-likeness (QED) is 0.585. The third kappa shape index (κ3) is 3.48. The van der Waals surface area contributed by atoms with E-state index in [0.29, 0.717) is 27.0 Å². The number of carbonyl (C=O) groups excluding carboxylic acids is 2. The van der Waals surface area contributed by atoms with Gasteiger partial charge < -0.3 is 9.84 Å². The molecule has 1 N–H and O–H groups in total. The predicted molar refractivity (Wildman–Crippen MR) is 115 cm³/mol. The van der Waals surface area contributed by atoms with Gasteiger partial charge in [-0.25, -0.2) is 9.37 Å². The molecule has 158 valence electrons. The molecule has 2 aromatic carbocycles. The molecule has 6 nitrogen and oxygen atoms in total. The molecule has 0 aliphatic carbocycles. The Bertz CT molecular complexity index is 1230. The van der Waals surface area contributed by atoms with Crippen molar-refractivity contribution in [1.29, 1.82) is 0 Å². The molecule has 2 heterocycles. The summed E-state index contributed by atoms with van der Waals surface area (Å²) in [7, 11) is 1.48. The van der Waals surface area contributed by atoms with Crippen LogP contribution in [-0.4, -0.2) is 28.9 Å². The van der Waals surface area contributed by atoms with Crippen molar-refractivity contribution in [3.05, 3.63) is 86.8 Å². The van der Waals surface area contributed by atoms with Gasteiger partial charge >= 0.3 is 0 Å². The number of halogens is 1. The summed E-state index contributed by atoms with van der Waals surface area (Å²) < 4.78 is 20.1. The molecular weight excluding hydrogens is 419 g/mol. The fraction of sp³-hybridized carbons (Fsp3) is 0.174. The number of methoxy groups -OCH3 is 1. The van der Waals surface area contributed by atoms with Gasteiger partial charge in [0, 0.05) is 17.3 Å². The molecule has 0 saturated carbocycles. The highest BCUT2D eigenvalue weighted by molar-refractivity contribution is 7.14. The van der Waals surface area contributed by atoms with Gasteiger partial charge in [0.05, 0.1) is 34.3 Å². The highest BCUT2D eigenvalue weighted by Crippen LogP contribution is 2.43. The van der Waals surface area contributed by atoms with Gasteiger partial charge in [0.25, 0.3) is 5.91 Å². The average Bonchev–Trinajstić information content (AvgIpc) is 3.23. The van der Waals surface area contributed by atoms with Crippen LogP contribution in [0.5, 0.6) is 5.75 Å². The molecule has 1 aliphatic heterocycles. The van der Waals surface area contributed by atoms with Gasteiger partial charge in [-0.05, 0) is 32.0 Å². The third-order valence-electron chi connectivity index (χ3n) is 5.09. The Kier molecular flexibility index (Phi) is 5.32. The second-order valence-electron chi connectivity index (χ2n) is 7.04. The van der Waals surface area contributed by atoms with Gasteiger partial charge in [-0.3, -0.25) is 14.5 Å². The number of ketones is 1. The molecule has 0 spiro atoms. The topological polar surface area (TPSA) is 79.7 Å². The number of thiazole rings is 1. The second-order valence-corrected chi connectivity index (χ2v) is 8.24. The number of nitrogens with zero attached hydrogens (tertiary/aromatic N) is 2. The molecule has 0 radical (unpaired) electrons. The van der Waals surface area contributed by atoms with Crippen molar-refractivity contribution in [1.82, 2.24) is 4.98 Å². The van der Waals surface area contributed by atoms with Crippen molar-refractivity contribution >= 4 is 28.7 Å². The lowest BCUT2D eigenvalue weighted by atomic mass is 9.94. The van der Waals surface area contributed by atoms with Crippen molar-refractivity contribution in [3.63, 3.8) is 0 Å². The van der Waals surface area contributed by atoms with Crippen molar-refractivity contribution in [2.75, 3.05) is 12.0 Å². The molecule has 0 fully saturated rings. The van der Waals surface area contributed by atoms with Gasteiger partial charge in [0.2, 0.25) is 5.78 Å². The lowest BCUT2D eigenvalue weighted by Gasteiger charge is -2.27. The summed E-state index contributed by atoms with van der Waals surface area (Å²) in [5.74, 6) is -2.15. The number of aryl methyl sites for hydroxylation is 2. The first kappa shape index (κ1) is 20.7. The Balaban J connectivity index is 1.92. The number of benzene rings is 2. The molecule has 3 aromatic rings. The number of hydrogen-bond acceptors (Lipinski definition) is 6. The summed E-state index contributed by atoms with van der Waals surface area (Å²) in [6.07, 6.45) is 0. The van der Waals surface area contributed by atoms with Crippen molar-refractivity contribution < 1.29 is 23.8 Å². The van der Waals surface area contributed by atoms with Gasteiger partial charge in [0.15, 0.2) is 5.76 Å². The Labute approximate surface area is 182 Å². The molecule has 8 heteroatoms. The fourth-order valence-electron chi connectivity index (χ4n) is 3.72. The number of ether oxygens (including phenoxy) is 1. The van der Waals surface area contributed by atoms with Crippen LogP contribution in [0.3, 0.4) is 0 Å². The van der Waals surface area contributed by atoms with E-state index in [4.69, 9.17) is 4.74 Å². The normalized spacial score (nSPS) is 16.2. The van der Waals surface area contributed by atoms with E-state index in [0.717, 1.165) is 0 Å². The standard InChI is InChI=1S/C23H19FN2O4S/c1-12-22(31-13(2)25-12)20(27)18-19(16-9-4-5-10-17(16)24)26(23(29)21(18)28)14-7-6-8-15(11-14)30-3/h4-11,19,28H,1-3H3. The van der Waals surface area contributed by atoms with Crippen LogP contribution < -0.4 is 9.64 Å². The van der Waals surface area contributed by atoms with Crippen LogP contribution in [0.1, 0.15) is 32.0 Å². The molecule has 4 rings (SSSR count). The van der Waals surface area contributed by atoms with E-state index in [1.165, 1.54) is 41.5 Å². The van der Waals surface area contributed by atoms with E-state index in [2.05, 4.69) is 4.98 Å². The molecule has 1 amide bonds. The Hall–Kier alpha value is -3.52. The summed E-state index contributed by atoms with van der Waals surface area (Å²) in [5, 5.41) is 11.4. The number of aliphatic hydroxyl groups is 1. The van der Waals surface area contributed by atoms with Crippen LogP contribution in [-0.2, 0) is 4.79 Å². The van der Waals surface area contributed by atoms with Crippen LogP contribution in [0.15, 0.2) is 59.9 Å². The van der Waals surface area contributed by atoms with Crippen LogP contribution in [0.4, 0.5) is 10.1 Å². The van der Waals surface area contributed by atoms with E-state index < -0.39 is 29.3 Å². The monoisotopic (exact) mass is 438 g/mol. The maximum atomic E-state index is 14.9. The number of anilines is 1. The van der Waals surface area contributed by atoms with E-state index in [1.54, 1.807) is 44.2 Å². The molecule has 1 aromatic heterocycles. The molecule has 0 saturated heterocycles. The van der Waals surface area contributed by atoms with Crippen molar-refractivity contribution in [2.45, 2.75) is 19.9 Å². The number of rotatable bonds is 5. The third-order valence-corrected chi connectivity index (χ3v) is 6.17. The minimum Gasteiger partial charge on any atom is -0.503 e. The first-order valence-electron chi connectivity index (χ1n) is 9.47. The van der Waals surface area contributed by atoms with E-state index in [-0.39, 0.29) is 11.1 Å². The van der Waals surface area contributed by atoms with Crippen LogP contribution >= 0.6 is 11.3 Å². The molecule has 1 atom stereocenters. The molecule has 1 unspecified atom stereocenters. The molecular formula is C23H19FN2O4S. The zero-order valence-corrected chi connectivity index (χ0v) is 17.9. The largest absolute Gasteiger partial charge is 0.503 e. The number of carbonyl (C=O) groups is 2. The highest BCUT2D eigenvalue weighted by Gasteiger charge is 2.46. The Morgan fingerprint density at radius 1 is 1.19 bits per heavy atom. The summed E-state index contributed by atoms with van der Waals surface area (Å²) in [4.78, 5) is 32.4. The smallest absolute Gasteiger partial charge is 0.294 e. The highest BCUT2D eigenvalue weighted by atomic mass is 32.1. The number of aromatic nitrogens is 1. The van der Waals surface area contributed by atoms with Gasteiger partial charge in [0.1, 0.15) is 11.6 Å². The second kappa shape index (κ2) is 7.96. The molecule has 0 bridgehead atoms. The Morgan fingerprint density at radius 3 is 2.58 bits per heavy atom. The van der Waals surface area contributed by atoms with Crippen molar-refractivity contribution in [3.8, 4) is 5.75 Å². The van der Waals surface area contributed by atoms with Crippen LogP contribution in [0.2, 0.25) is 0 Å². The summed E-state index contributed by atoms with van der Waals surface area (Å²) in [6.45, 7) is 3.45. The molecule has 1 aliphatic rings. The van der Waals surface area contributed by atoms with Crippen LogP contribution in [0, 0.1) is 19.7 Å². The summed E-state index contributed by atoms with van der Waals surface area (Å²) in [6, 6.07) is 11.3. The van der Waals surface area contributed by atoms with E-state index >= 15 is 0 Å². The van der Waals surface area contributed by atoms with Gasteiger partial charge in [-0.1, -0.05) is 24.3 Å². The zero-order valence-electron chi connectivity index (χ0n) is 17.0.